The van der Waals surface area contributed by atoms with Gasteiger partial charge in [-0.3, -0.25) is 4.79 Å². The van der Waals surface area contributed by atoms with E-state index in [1.165, 1.54) is 0 Å². The molecule has 22 heavy (non-hydrogen) atoms. The Morgan fingerprint density at radius 3 is 2.18 bits per heavy atom. The Labute approximate surface area is 121 Å². The van der Waals surface area contributed by atoms with Crippen LogP contribution < -0.4 is 10.2 Å². The van der Waals surface area contributed by atoms with Gasteiger partial charge in [-0.2, -0.15) is 13.2 Å². The molecule has 0 saturated carbocycles. The Hall–Kier alpha value is -2.16. The molecule has 2 heterocycles. The van der Waals surface area contributed by atoms with Crippen molar-refractivity contribution in [3.05, 3.63) is 29.8 Å². The topological polar surface area (TPSA) is 58.6 Å². The van der Waals surface area contributed by atoms with Crippen molar-refractivity contribution in [3.63, 3.8) is 0 Å². The second-order valence-corrected chi connectivity index (χ2v) is 5.14. The SMILES string of the molecule is O=C1NC2(COC2)C(=O)N1c1ccc(C(F)C(F)(F)F)cc1. The lowest BCUT2D eigenvalue weighted by atomic mass is 9.98. The molecule has 3 amide bonds. The van der Waals surface area contributed by atoms with Gasteiger partial charge in [-0.25, -0.2) is 14.1 Å². The molecule has 2 aliphatic rings. The van der Waals surface area contributed by atoms with Crippen LogP contribution in [0.25, 0.3) is 0 Å². The summed E-state index contributed by atoms with van der Waals surface area (Å²) < 4.78 is 55.0. The molecule has 2 saturated heterocycles. The highest BCUT2D eigenvalue weighted by Gasteiger charge is 2.56. The van der Waals surface area contributed by atoms with E-state index in [9.17, 15) is 27.2 Å². The van der Waals surface area contributed by atoms with Crippen LogP contribution in [0.4, 0.5) is 28.0 Å². The number of urea groups is 1. The van der Waals surface area contributed by atoms with E-state index in [4.69, 9.17) is 4.74 Å². The Morgan fingerprint density at radius 1 is 1.18 bits per heavy atom. The largest absolute Gasteiger partial charge is 0.423 e. The van der Waals surface area contributed by atoms with E-state index in [1.54, 1.807) is 0 Å². The van der Waals surface area contributed by atoms with E-state index in [0.717, 1.165) is 29.2 Å². The van der Waals surface area contributed by atoms with Gasteiger partial charge in [0.15, 0.2) is 5.54 Å². The van der Waals surface area contributed by atoms with Crippen LogP contribution in [0.1, 0.15) is 11.7 Å². The van der Waals surface area contributed by atoms with Crippen LogP contribution in [0.5, 0.6) is 0 Å². The Bertz CT molecular complexity index is 625. The summed E-state index contributed by atoms with van der Waals surface area (Å²) in [5.74, 6) is -0.538. The third kappa shape index (κ3) is 2.12. The molecule has 0 radical (unpaired) electrons. The molecule has 0 bridgehead atoms. The summed E-state index contributed by atoms with van der Waals surface area (Å²) in [5.41, 5.74) is -1.61. The van der Waals surface area contributed by atoms with Crippen LogP contribution in [-0.2, 0) is 9.53 Å². The molecule has 1 unspecified atom stereocenters. The number of carbonyl (C=O) groups is 2. The van der Waals surface area contributed by atoms with Gasteiger partial charge in [0.05, 0.1) is 18.9 Å². The maximum Gasteiger partial charge on any atom is 0.423 e. The summed E-state index contributed by atoms with van der Waals surface area (Å²) in [5, 5.41) is 2.49. The molecular formula is C13H10F4N2O3. The zero-order chi connectivity index (χ0) is 16.1. The molecule has 1 N–H and O–H groups in total. The highest BCUT2D eigenvalue weighted by Crippen LogP contribution is 2.37. The van der Waals surface area contributed by atoms with Gasteiger partial charge in [-0.1, -0.05) is 12.1 Å². The number of imide groups is 1. The maximum absolute atomic E-state index is 13.2. The average molecular weight is 318 g/mol. The van der Waals surface area contributed by atoms with Crippen LogP contribution in [0.15, 0.2) is 24.3 Å². The van der Waals surface area contributed by atoms with E-state index in [-0.39, 0.29) is 18.9 Å². The van der Waals surface area contributed by atoms with Crippen LogP contribution in [0.2, 0.25) is 0 Å². The first-order valence-electron chi connectivity index (χ1n) is 6.30. The lowest BCUT2D eigenvalue weighted by molar-refractivity contribution is -0.182. The van der Waals surface area contributed by atoms with E-state index in [2.05, 4.69) is 5.32 Å². The van der Waals surface area contributed by atoms with E-state index >= 15 is 0 Å². The Kier molecular flexibility index (Phi) is 3.13. The van der Waals surface area contributed by atoms with Crippen molar-refractivity contribution in [2.24, 2.45) is 0 Å². The zero-order valence-electron chi connectivity index (χ0n) is 11.0. The van der Waals surface area contributed by atoms with E-state index < -0.39 is 35.4 Å². The van der Waals surface area contributed by atoms with Crippen LogP contribution in [0, 0.1) is 0 Å². The molecule has 3 rings (SSSR count). The van der Waals surface area contributed by atoms with Crippen LogP contribution >= 0.6 is 0 Å². The second-order valence-electron chi connectivity index (χ2n) is 5.14. The van der Waals surface area contributed by atoms with Crippen molar-refractivity contribution in [1.29, 1.82) is 0 Å². The number of nitrogens with zero attached hydrogens (tertiary/aromatic N) is 1. The van der Waals surface area contributed by atoms with E-state index in [1.807, 2.05) is 0 Å². The fourth-order valence-electron chi connectivity index (χ4n) is 2.34. The first-order valence-corrected chi connectivity index (χ1v) is 6.30. The summed E-state index contributed by atoms with van der Waals surface area (Å²) >= 11 is 0. The molecule has 1 aromatic carbocycles. The quantitative estimate of drug-likeness (QED) is 0.671. The second kappa shape index (κ2) is 4.67. The number of hydrogen-bond donors (Lipinski definition) is 1. The first kappa shape index (κ1) is 14.8. The fourth-order valence-corrected chi connectivity index (χ4v) is 2.34. The number of benzene rings is 1. The maximum atomic E-state index is 13.2. The van der Waals surface area contributed by atoms with Gasteiger partial charge in [0.25, 0.3) is 5.91 Å². The summed E-state index contributed by atoms with van der Waals surface area (Å²) in [6.45, 7) is 0.0968. The molecular weight excluding hydrogens is 308 g/mol. The predicted molar refractivity (Wildman–Crippen MR) is 65.9 cm³/mol. The number of amides is 3. The third-order valence-corrected chi connectivity index (χ3v) is 3.59. The van der Waals surface area contributed by atoms with Crippen molar-refractivity contribution < 1.29 is 31.9 Å². The third-order valence-electron chi connectivity index (χ3n) is 3.59. The minimum absolute atomic E-state index is 0.0484. The van der Waals surface area contributed by atoms with Crippen molar-refractivity contribution in [2.45, 2.75) is 17.9 Å². The zero-order valence-corrected chi connectivity index (χ0v) is 11.0. The highest BCUT2D eigenvalue weighted by atomic mass is 19.4. The van der Waals surface area contributed by atoms with Gasteiger partial charge in [0, 0.05) is 0 Å². The molecule has 1 spiro atoms. The van der Waals surface area contributed by atoms with Crippen LogP contribution in [-0.4, -0.2) is 36.9 Å². The summed E-state index contributed by atoms with van der Waals surface area (Å²) in [6, 6.07) is 3.31. The minimum atomic E-state index is -5.00. The summed E-state index contributed by atoms with van der Waals surface area (Å²) in [6.07, 6.45) is -8.12. The average Bonchev–Trinajstić information content (AvgIpc) is 2.69. The van der Waals surface area contributed by atoms with Crippen molar-refractivity contribution >= 4 is 17.6 Å². The molecule has 9 heteroatoms. The Balaban J connectivity index is 1.84. The number of halogens is 4. The fraction of sp³-hybridized carbons (Fsp3) is 0.385. The number of ether oxygens (including phenoxy) is 1. The predicted octanol–water partition coefficient (Wildman–Crippen LogP) is 2.08. The van der Waals surface area contributed by atoms with Crippen molar-refractivity contribution in [2.75, 3.05) is 18.1 Å². The molecule has 0 aliphatic carbocycles. The van der Waals surface area contributed by atoms with Crippen molar-refractivity contribution in [3.8, 4) is 0 Å². The van der Waals surface area contributed by atoms with E-state index in [0.29, 0.717) is 0 Å². The number of nitrogens with one attached hydrogen (secondary N) is 1. The Morgan fingerprint density at radius 2 is 1.77 bits per heavy atom. The number of carbonyl (C=O) groups excluding carboxylic acids is 2. The van der Waals surface area contributed by atoms with Crippen molar-refractivity contribution in [1.82, 2.24) is 5.32 Å². The van der Waals surface area contributed by atoms with Gasteiger partial charge in [-0.05, 0) is 17.7 Å². The number of anilines is 1. The lowest BCUT2D eigenvalue weighted by Crippen LogP contribution is -2.62. The van der Waals surface area contributed by atoms with Crippen LogP contribution in [0.3, 0.4) is 0 Å². The van der Waals surface area contributed by atoms with Gasteiger partial charge in [0.1, 0.15) is 0 Å². The molecule has 5 nitrogen and oxygen atoms in total. The highest BCUT2D eigenvalue weighted by molar-refractivity contribution is 6.23. The minimum Gasteiger partial charge on any atom is -0.375 e. The number of rotatable bonds is 2. The molecule has 1 aromatic rings. The molecule has 2 fully saturated rings. The molecule has 118 valence electrons. The standard InChI is InChI=1S/C13H10F4N2O3/c14-9(13(15,16)17)7-1-3-8(4-2-7)19-10(20)12(5-22-6-12)18-11(19)21/h1-4,9H,5-6H2,(H,18,21). The molecule has 0 aromatic heterocycles. The smallest absolute Gasteiger partial charge is 0.375 e. The molecule has 1 atom stereocenters. The van der Waals surface area contributed by atoms with Gasteiger partial charge in [-0.15, -0.1) is 0 Å². The summed E-state index contributed by atoms with van der Waals surface area (Å²) in [4.78, 5) is 24.9. The molecule has 2 aliphatic heterocycles. The van der Waals surface area contributed by atoms with Gasteiger partial charge >= 0.3 is 12.2 Å². The van der Waals surface area contributed by atoms with Gasteiger partial charge in [0.2, 0.25) is 6.17 Å². The summed E-state index contributed by atoms with van der Waals surface area (Å²) in [7, 11) is 0. The monoisotopic (exact) mass is 318 g/mol. The van der Waals surface area contributed by atoms with Gasteiger partial charge < -0.3 is 10.1 Å². The normalized spacial score (nSPS) is 21.7. The first-order chi connectivity index (χ1) is 10.2. The lowest BCUT2D eigenvalue weighted by Gasteiger charge is -2.34. The number of hydrogen-bond acceptors (Lipinski definition) is 3. The number of alkyl halides is 4.